The fraction of sp³-hybridized carbons (Fsp3) is 0.526. The van der Waals surface area contributed by atoms with Gasteiger partial charge < -0.3 is 29.9 Å². The van der Waals surface area contributed by atoms with Gasteiger partial charge in [0.1, 0.15) is 41.0 Å². The fourth-order valence-electron chi connectivity index (χ4n) is 9.54. The lowest BCUT2D eigenvalue weighted by Crippen LogP contribution is -2.68. The number of nitriles is 1. The van der Waals surface area contributed by atoms with E-state index in [9.17, 15) is 14.4 Å². The number of likely N-dealkylation sites (tertiary alicyclic amines) is 2. The highest BCUT2D eigenvalue weighted by molar-refractivity contribution is 7.23. The quantitative estimate of drug-likeness (QED) is 0.207. The Hall–Kier alpha value is -4.60. The number of nitrogen functional groups attached to an aromatic ring is 1. The van der Waals surface area contributed by atoms with E-state index in [1.54, 1.807) is 21.6 Å². The minimum absolute atomic E-state index is 0.0181. The number of thiophene rings is 1. The molecule has 2 amide bonds. The van der Waals surface area contributed by atoms with E-state index < -0.39 is 52.2 Å². The number of aromatic nitrogens is 2. The second-order valence-electron chi connectivity index (χ2n) is 15.8. The number of urea groups is 1. The molecular formula is C38H38F6N8O3S. The number of likely N-dealkylation sites (N-methyl/N-ethyl adjacent to an activating group) is 1. The van der Waals surface area contributed by atoms with Crippen molar-refractivity contribution in [2.45, 2.75) is 56.5 Å². The maximum atomic E-state index is 17.3. The van der Waals surface area contributed by atoms with Gasteiger partial charge in [0, 0.05) is 68.1 Å². The normalized spacial score (nSPS) is 24.5. The van der Waals surface area contributed by atoms with Crippen LogP contribution in [0.1, 0.15) is 43.7 Å². The van der Waals surface area contributed by atoms with E-state index >= 15 is 22.0 Å². The highest BCUT2D eigenvalue weighted by Crippen LogP contribution is 2.49. The van der Waals surface area contributed by atoms with E-state index in [-0.39, 0.29) is 87.5 Å². The summed E-state index contributed by atoms with van der Waals surface area (Å²) < 4.78 is 104. The number of amides is 2. The lowest BCUT2D eigenvalue weighted by Gasteiger charge is -2.55. The summed E-state index contributed by atoms with van der Waals surface area (Å²) in [6, 6.07) is 3.70. The molecule has 5 fully saturated rings. The van der Waals surface area contributed by atoms with Gasteiger partial charge in [-0.25, -0.2) is 18.0 Å². The molecule has 3 unspecified atom stereocenters. The summed E-state index contributed by atoms with van der Waals surface area (Å²) in [6.45, 7) is 6.01. The number of carbonyl (C=O) groups excluding carboxylic acids is 1. The molecular weight excluding hydrogens is 763 g/mol. The molecule has 0 saturated carbocycles. The first-order chi connectivity index (χ1) is 26.7. The van der Waals surface area contributed by atoms with Crippen LogP contribution in [0.3, 0.4) is 0 Å². The van der Waals surface area contributed by atoms with E-state index in [0.717, 1.165) is 24.6 Å². The molecule has 3 atom stereocenters. The Balaban J connectivity index is 1.17. The molecule has 9 rings (SSSR count). The maximum absolute atomic E-state index is 17.3. The summed E-state index contributed by atoms with van der Waals surface area (Å²) in [5.41, 5.74) is 1.94. The molecule has 7 heterocycles. The van der Waals surface area contributed by atoms with Crippen molar-refractivity contribution in [3.8, 4) is 23.2 Å². The van der Waals surface area contributed by atoms with Crippen LogP contribution in [0.4, 0.5) is 42.0 Å². The topological polar surface area (TPSA) is 124 Å². The van der Waals surface area contributed by atoms with Gasteiger partial charge >= 0.3 is 18.2 Å². The minimum atomic E-state index is -5.13. The minimum Gasteiger partial charge on any atom is -0.461 e. The number of nitrogens with two attached hydrogens (primary N) is 1. The third-order valence-corrected chi connectivity index (χ3v) is 13.3. The molecule has 5 aliphatic rings. The van der Waals surface area contributed by atoms with Crippen LogP contribution in [0.25, 0.3) is 32.1 Å². The fourth-order valence-corrected chi connectivity index (χ4v) is 10.5. The van der Waals surface area contributed by atoms with Gasteiger partial charge in [-0.15, -0.1) is 11.3 Å². The van der Waals surface area contributed by atoms with Crippen LogP contribution >= 0.6 is 11.3 Å². The van der Waals surface area contributed by atoms with Gasteiger partial charge in [0.05, 0.1) is 40.0 Å². The Morgan fingerprint density at radius 2 is 1.96 bits per heavy atom. The number of hydrogen-bond donors (Lipinski definition) is 1. The van der Waals surface area contributed by atoms with Crippen molar-refractivity contribution >= 4 is 49.2 Å². The predicted octanol–water partition coefficient (Wildman–Crippen LogP) is 6.57. The van der Waals surface area contributed by atoms with Gasteiger partial charge in [-0.3, -0.25) is 4.90 Å². The zero-order valence-corrected chi connectivity index (χ0v) is 31.2. The number of hydrogen-bond acceptors (Lipinski definition) is 10. The zero-order chi connectivity index (χ0) is 39.3. The van der Waals surface area contributed by atoms with Crippen molar-refractivity contribution in [3.05, 3.63) is 41.0 Å². The smallest absolute Gasteiger partial charge is 0.417 e. The van der Waals surface area contributed by atoms with Crippen molar-refractivity contribution in [1.29, 1.82) is 5.26 Å². The Kier molecular flexibility index (Phi) is 8.75. The van der Waals surface area contributed by atoms with Crippen molar-refractivity contribution in [2.75, 3.05) is 76.3 Å². The number of halogens is 6. The van der Waals surface area contributed by atoms with Crippen LogP contribution in [-0.4, -0.2) is 114 Å². The van der Waals surface area contributed by atoms with Crippen LogP contribution in [-0.2, 0) is 10.9 Å². The first kappa shape index (κ1) is 37.0. The van der Waals surface area contributed by atoms with E-state index in [2.05, 4.69) is 9.97 Å². The Morgan fingerprint density at radius 3 is 2.66 bits per heavy atom. The molecule has 5 saturated heterocycles. The number of anilines is 2. The second kappa shape index (κ2) is 13.2. The van der Waals surface area contributed by atoms with Crippen LogP contribution < -0.4 is 15.4 Å². The van der Waals surface area contributed by atoms with E-state index in [1.807, 2.05) is 11.0 Å². The Morgan fingerprint density at radius 1 is 1.18 bits per heavy atom. The number of benzene rings is 2. The summed E-state index contributed by atoms with van der Waals surface area (Å²) >= 11 is 0.683. The van der Waals surface area contributed by atoms with Crippen molar-refractivity contribution in [2.24, 2.45) is 5.41 Å². The summed E-state index contributed by atoms with van der Waals surface area (Å²) in [5, 5.41) is 9.29. The number of alkyl halides is 4. The van der Waals surface area contributed by atoms with Crippen LogP contribution in [0.2, 0.25) is 0 Å². The van der Waals surface area contributed by atoms with Crippen molar-refractivity contribution in [1.82, 2.24) is 24.7 Å². The molecule has 1 spiro atoms. The van der Waals surface area contributed by atoms with Gasteiger partial charge in [0.15, 0.2) is 5.82 Å². The van der Waals surface area contributed by atoms with E-state index in [0.29, 0.717) is 63.6 Å². The number of fused-ring (bicyclic) bond motifs is 3. The molecule has 2 aromatic heterocycles. The lowest BCUT2D eigenvalue weighted by molar-refractivity contribution is -0.177. The first-order valence-corrected chi connectivity index (χ1v) is 19.5. The lowest BCUT2D eigenvalue weighted by atomic mass is 9.78. The third kappa shape index (κ3) is 5.79. The highest BCUT2D eigenvalue weighted by atomic mass is 32.1. The number of ether oxygens (including phenoxy) is 2. The number of carbonyl (C=O) groups is 1. The van der Waals surface area contributed by atoms with E-state index in [1.165, 1.54) is 0 Å². The van der Waals surface area contributed by atoms with Crippen molar-refractivity contribution < 1.29 is 40.6 Å². The molecule has 56 heavy (non-hydrogen) atoms. The summed E-state index contributed by atoms with van der Waals surface area (Å²) in [6.07, 6.45) is -4.01. The van der Waals surface area contributed by atoms with Crippen molar-refractivity contribution in [3.63, 3.8) is 0 Å². The van der Waals surface area contributed by atoms with Crippen LogP contribution in [0.15, 0.2) is 18.2 Å². The van der Waals surface area contributed by atoms with Gasteiger partial charge in [0.2, 0.25) is 0 Å². The summed E-state index contributed by atoms with van der Waals surface area (Å²) in [4.78, 5) is 29.7. The van der Waals surface area contributed by atoms with Gasteiger partial charge in [-0.2, -0.15) is 28.4 Å². The molecule has 0 bridgehead atoms. The maximum Gasteiger partial charge on any atom is 0.417 e. The van der Waals surface area contributed by atoms with E-state index in [4.69, 9.17) is 15.2 Å². The molecule has 5 aliphatic heterocycles. The summed E-state index contributed by atoms with van der Waals surface area (Å²) in [7, 11) is 0. The monoisotopic (exact) mass is 800 g/mol. The molecule has 2 N–H and O–H groups in total. The van der Waals surface area contributed by atoms with Crippen LogP contribution in [0, 0.1) is 28.4 Å². The first-order valence-electron chi connectivity index (χ1n) is 18.7. The Labute approximate surface area is 321 Å². The zero-order valence-electron chi connectivity index (χ0n) is 30.4. The van der Waals surface area contributed by atoms with Gasteiger partial charge in [-0.05, 0) is 50.4 Å². The molecule has 0 aliphatic carbocycles. The van der Waals surface area contributed by atoms with Gasteiger partial charge in [0.25, 0.3) is 0 Å². The number of nitrogens with zero attached hydrogens (tertiary/aromatic N) is 7. The second-order valence-corrected chi connectivity index (χ2v) is 16.8. The average Bonchev–Trinajstić information content (AvgIpc) is 3.89. The molecule has 11 nitrogen and oxygen atoms in total. The predicted molar refractivity (Wildman–Crippen MR) is 196 cm³/mol. The highest BCUT2D eigenvalue weighted by Gasteiger charge is 2.52. The molecule has 18 heteroatoms. The number of rotatable bonds is 7. The molecule has 0 radical (unpaired) electrons. The summed E-state index contributed by atoms with van der Waals surface area (Å²) in [5.74, 6) is -2.22. The SMILES string of the molecule is CCN(c1nc(OCC23CCCN2CC(F)C3)nc2c(F)c(-c3ccc(F)c4sc(N)c(C#N)c34)c(C(F)(F)F)cc12)C1CCN(C(=O)N2CC3(COC3)C2)C1. The molecule has 4 aromatic rings. The van der Waals surface area contributed by atoms with Gasteiger partial charge in [-0.1, -0.05) is 6.07 Å². The standard InChI is InChI=1S/C38H38F6N8O3S/c1-2-52(21-6-9-49(14-21)35(53)50-15-36(16-50)17-54-18-36)33-23-10-25(38(42,43)44)28(22-4-5-26(40)31-27(22)24(12-45)32(46)56-31)29(41)30(23)47-34(48-33)55-19-37-7-3-8-51(37)13-20(39)11-37/h4-5,10,20-21H,2-3,6-9,11,13-19,46H2,1H3. The largest absolute Gasteiger partial charge is 0.461 e. The molecule has 2 aromatic carbocycles. The molecule has 296 valence electrons. The van der Waals surface area contributed by atoms with Crippen LogP contribution in [0.5, 0.6) is 6.01 Å². The Bertz CT molecular complexity index is 2310. The average molecular weight is 801 g/mol. The third-order valence-electron chi connectivity index (χ3n) is 12.3.